The summed E-state index contributed by atoms with van der Waals surface area (Å²) in [6.45, 7) is 2.36. The van der Waals surface area contributed by atoms with Gasteiger partial charge in [0.2, 0.25) is 0 Å². The fourth-order valence-electron chi connectivity index (χ4n) is 6.34. The lowest BCUT2D eigenvalue weighted by Gasteiger charge is -2.40. The van der Waals surface area contributed by atoms with Gasteiger partial charge in [-0.15, -0.1) is 0 Å². The average molecular weight is 432 g/mol. The van der Waals surface area contributed by atoms with Gasteiger partial charge in [0.25, 0.3) is 0 Å². The normalized spacial score (nSPS) is 13.3. The number of anilines is 3. The molecule has 0 spiro atoms. The zero-order chi connectivity index (χ0) is 22.4. The lowest BCUT2D eigenvalue weighted by molar-refractivity contribution is 1.24. The number of para-hydroxylation sites is 4. The Hall–Kier alpha value is -4.24. The first-order valence-corrected chi connectivity index (χ1v) is 11.9. The highest BCUT2D eigenvalue weighted by atomic mass is 15.2. The lowest BCUT2D eigenvalue weighted by atomic mass is 9.45. The van der Waals surface area contributed by atoms with Crippen molar-refractivity contribution in [3.63, 3.8) is 0 Å². The van der Waals surface area contributed by atoms with E-state index in [1.165, 1.54) is 66.5 Å². The Labute approximate surface area is 198 Å². The number of nitrogens with zero attached hydrogens (tertiary/aromatic N) is 2. The third-order valence-corrected chi connectivity index (χ3v) is 7.58. The van der Waals surface area contributed by atoms with E-state index >= 15 is 0 Å². The summed E-state index contributed by atoms with van der Waals surface area (Å²) in [5.41, 5.74) is 13.1. The van der Waals surface area contributed by atoms with Gasteiger partial charge in [0.05, 0.1) is 0 Å². The number of hydrogen-bond acceptors (Lipinski definition) is 1. The van der Waals surface area contributed by atoms with Gasteiger partial charge >= 0.3 is 6.85 Å². The monoisotopic (exact) mass is 432 g/mol. The molecule has 158 valence electrons. The summed E-state index contributed by atoms with van der Waals surface area (Å²) in [6, 6.07) is 40.1. The SMILES string of the molecule is Cc1cc2c3c(c1)N(c1ccccc1)c1ccccc1B3n1c3ccccc3c3cccc-2c31. The molecule has 1 aromatic heterocycles. The van der Waals surface area contributed by atoms with Gasteiger partial charge in [-0.05, 0) is 59.3 Å². The Morgan fingerprint density at radius 2 is 1.38 bits per heavy atom. The Bertz CT molecular complexity index is 1780. The first-order chi connectivity index (χ1) is 16.8. The number of hydrogen-bond donors (Lipinski definition) is 0. The van der Waals surface area contributed by atoms with Crippen LogP contribution in [0.25, 0.3) is 32.9 Å². The lowest BCUT2D eigenvalue weighted by Crippen LogP contribution is -2.56. The molecule has 34 heavy (non-hydrogen) atoms. The van der Waals surface area contributed by atoms with E-state index in [2.05, 4.69) is 125 Å². The minimum atomic E-state index is 0.138. The Balaban J connectivity index is 1.60. The number of rotatable bonds is 1. The van der Waals surface area contributed by atoms with E-state index in [-0.39, 0.29) is 6.85 Å². The van der Waals surface area contributed by atoms with Gasteiger partial charge in [0.15, 0.2) is 0 Å². The summed E-state index contributed by atoms with van der Waals surface area (Å²) >= 11 is 0. The summed E-state index contributed by atoms with van der Waals surface area (Å²) < 4.78 is 2.60. The van der Waals surface area contributed by atoms with Crippen molar-refractivity contribution in [2.45, 2.75) is 6.92 Å². The second-order valence-corrected chi connectivity index (χ2v) is 9.47. The van der Waals surface area contributed by atoms with Gasteiger partial charge in [0.1, 0.15) is 0 Å². The van der Waals surface area contributed by atoms with E-state index in [1.54, 1.807) is 0 Å². The first kappa shape index (κ1) is 18.2. The van der Waals surface area contributed by atoms with Crippen molar-refractivity contribution in [1.82, 2.24) is 4.48 Å². The van der Waals surface area contributed by atoms with Crippen molar-refractivity contribution < 1.29 is 0 Å². The molecular formula is C31H21BN2. The third-order valence-electron chi connectivity index (χ3n) is 7.58. The first-order valence-electron chi connectivity index (χ1n) is 11.9. The molecule has 0 bridgehead atoms. The molecule has 3 heteroatoms. The molecular weight excluding hydrogens is 411 g/mol. The van der Waals surface area contributed by atoms with Gasteiger partial charge in [-0.25, -0.2) is 0 Å². The van der Waals surface area contributed by atoms with Crippen molar-refractivity contribution in [3.05, 3.63) is 115 Å². The number of aromatic nitrogens is 1. The third kappa shape index (κ3) is 2.17. The molecule has 0 aliphatic carbocycles. The summed E-state index contributed by atoms with van der Waals surface area (Å²) in [5.74, 6) is 0. The van der Waals surface area contributed by atoms with Crippen LogP contribution in [0, 0.1) is 6.92 Å². The van der Waals surface area contributed by atoms with Gasteiger partial charge in [-0.2, -0.15) is 0 Å². The summed E-state index contributed by atoms with van der Waals surface area (Å²) in [4.78, 5) is 2.45. The highest BCUT2D eigenvalue weighted by Crippen LogP contribution is 2.45. The fraction of sp³-hybridized carbons (Fsp3) is 0.0323. The van der Waals surface area contributed by atoms with Crippen LogP contribution in [0.4, 0.5) is 17.1 Å². The molecule has 8 rings (SSSR count). The van der Waals surface area contributed by atoms with E-state index in [0.717, 1.165) is 0 Å². The van der Waals surface area contributed by atoms with Gasteiger partial charge in [-0.1, -0.05) is 78.9 Å². The summed E-state index contributed by atoms with van der Waals surface area (Å²) in [7, 11) is 0. The smallest absolute Gasteiger partial charge is 0.333 e. The Kier molecular flexibility index (Phi) is 3.44. The maximum Gasteiger partial charge on any atom is 0.333 e. The predicted octanol–water partition coefficient (Wildman–Crippen LogP) is 6.52. The maximum atomic E-state index is 2.60. The van der Waals surface area contributed by atoms with E-state index in [1.807, 2.05) is 0 Å². The zero-order valence-electron chi connectivity index (χ0n) is 18.9. The summed E-state index contributed by atoms with van der Waals surface area (Å²) in [5, 5.41) is 2.66. The van der Waals surface area contributed by atoms with E-state index < -0.39 is 0 Å². The Morgan fingerprint density at radius 3 is 2.29 bits per heavy atom. The molecule has 0 unspecified atom stereocenters. The van der Waals surface area contributed by atoms with E-state index in [0.29, 0.717) is 0 Å². The van der Waals surface area contributed by atoms with E-state index in [4.69, 9.17) is 0 Å². The molecule has 6 aromatic rings. The molecule has 2 aliphatic rings. The standard InChI is InChI=1S/C31H21BN2/c1-20-18-25-24-14-9-13-23-22-12-5-7-16-27(22)34(31(23)24)32-26-15-6-8-17-28(26)33(29(19-20)30(25)32)21-10-3-2-4-11-21/h2-19H,1H3. The van der Waals surface area contributed by atoms with Crippen LogP contribution in [0.5, 0.6) is 0 Å². The quantitative estimate of drug-likeness (QED) is 0.268. The number of benzene rings is 5. The molecule has 0 saturated heterocycles. The molecule has 0 N–H and O–H groups in total. The maximum absolute atomic E-state index is 2.60. The van der Waals surface area contributed by atoms with Crippen molar-refractivity contribution in [2.24, 2.45) is 0 Å². The predicted molar refractivity (Wildman–Crippen MR) is 145 cm³/mol. The van der Waals surface area contributed by atoms with Gasteiger partial charge in [-0.3, -0.25) is 0 Å². The number of aryl methyl sites for hydroxylation is 1. The molecule has 0 atom stereocenters. The highest BCUT2D eigenvalue weighted by molar-refractivity contribution is 6.90. The molecule has 0 fully saturated rings. The van der Waals surface area contributed by atoms with E-state index in [9.17, 15) is 0 Å². The van der Waals surface area contributed by atoms with Crippen LogP contribution >= 0.6 is 0 Å². The van der Waals surface area contributed by atoms with Crippen LogP contribution in [0.2, 0.25) is 0 Å². The molecule has 3 heterocycles. The fourth-order valence-corrected chi connectivity index (χ4v) is 6.34. The molecule has 0 saturated carbocycles. The van der Waals surface area contributed by atoms with Gasteiger partial charge in [0, 0.05) is 44.4 Å². The average Bonchev–Trinajstić information content (AvgIpc) is 3.22. The minimum absolute atomic E-state index is 0.138. The van der Waals surface area contributed by atoms with Crippen molar-refractivity contribution >= 4 is 56.6 Å². The highest BCUT2D eigenvalue weighted by Gasteiger charge is 2.42. The van der Waals surface area contributed by atoms with Crippen LogP contribution in [0.3, 0.4) is 0 Å². The largest absolute Gasteiger partial charge is 0.375 e. The molecule has 2 aliphatic heterocycles. The zero-order valence-corrected chi connectivity index (χ0v) is 18.9. The molecule has 0 amide bonds. The van der Waals surface area contributed by atoms with Gasteiger partial charge < -0.3 is 9.38 Å². The van der Waals surface area contributed by atoms with Crippen LogP contribution in [-0.2, 0) is 0 Å². The second kappa shape index (κ2) is 6.42. The van der Waals surface area contributed by atoms with Crippen LogP contribution < -0.4 is 15.8 Å². The second-order valence-electron chi connectivity index (χ2n) is 9.47. The molecule has 5 aromatic carbocycles. The van der Waals surface area contributed by atoms with Crippen LogP contribution in [0.1, 0.15) is 5.56 Å². The van der Waals surface area contributed by atoms with Crippen molar-refractivity contribution in [3.8, 4) is 11.1 Å². The molecule has 2 nitrogen and oxygen atoms in total. The Morgan fingerprint density at radius 1 is 0.618 bits per heavy atom. The van der Waals surface area contributed by atoms with Crippen molar-refractivity contribution in [1.29, 1.82) is 0 Å². The topological polar surface area (TPSA) is 8.17 Å². The molecule has 0 radical (unpaired) electrons. The minimum Gasteiger partial charge on any atom is -0.375 e. The van der Waals surface area contributed by atoms with Crippen LogP contribution in [0.15, 0.2) is 109 Å². The number of fused-ring (bicyclic) bond motifs is 7. The summed E-state index contributed by atoms with van der Waals surface area (Å²) in [6.07, 6.45) is 0. The van der Waals surface area contributed by atoms with Crippen LogP contribution in [-0.4, -0.2) is 11.3 Å². The van der Waals surface area contributed by atoms with Crippen molar-refractivity contribution in [2.75, 3.05) is 4.90 Å².